The lowest BCUT2D eigenvalue weighted by Crippen LogP contribution is -2.26. The van der Waals surface area contributed by atoms with Crippen molar-refractivity contribution in [1.82, 2.24) is 4.90 Å². The molecule has 0 radical (unpaired) electrons. The summed E-state index contributed by atoms with van der Waals surface area (Å²) in [6.45, 7) is 2.45. The summed E-state index contributed by atoms with van der Waals surface area (Å²) in [4.78, 5) is 13.8. The fourth-order valence-corrected chi connectivity index (χ4v) is 1.56. The van der Waals surface area contributed by atoms with Crippen molar-refractivity contribution in [3.63, 3.8) is 0 Å². The van der Waals surface area contributed by atoms with Gasteiger partial charge in [0.1, 0.15) is 5.82 Å². The Balaban J connectivity index is 2.81. The van der Waals surface area contributed by atoms with E-state index in [1.807, 2.05) is 25.9 Å². The lowest BCUT2D eigenvalue weighted by Gasteiger charge is -2.15. The number of halogens is 1. The molecule has 0 aliphatic carbocycles. The molecule has 0 aliphatic rings. The SMILES string of the molecule is CC(CN(C)C)C(=O)c1ccccc1F. The zero-order valence-electron chi connectivity index (χ0n) is 9.33. The number of nitrogens with zero attached hydrogens (tertiary/aromatic N) is 1. The molecule has 0 N–H and O–H groups in total. The first kappa shape index (κ1) is 11.9. The van der Waals surface area contributed by atoms with E-state index in [4.69, 9.17) is 0 Å². The predicted octanol–water partition coefficient (Wildman–Crippen LogP) is 2.21. The second-order valence-corrected chi connectivity index (χ2v) is 4.01. The smallest absolute Gasteiger partial charge is 0.169 e. The minimum Gasteiger partial charge on any atom is -0.309 e. The number of Topliss-reactive ketones (excluding diaryl/α,β-unsaturated/α-hetero) is 1. The largest absolute Gasteiger partial charge is 0.309 e. The van der Waals surface area contributed by atoms with Gasteiger partial charge in [0.25, 0.3) is 0 Å². The molecule has 0 saturated carbocycles. The first-order valence-corrected chi connectivity index (χ1v) is 4.96. The van der Waals surface area contributed by atoms with Gasteiger partial charge in [0.15, 0.2) is 5.78 Å². The van der Waals surface area contributed by atoms with Crippen molar-refractivity contribution < 1.29 is 9.18 Å². The number of hydrogen-bond acceptors (Lipinski definition) is 2. The number of carbonyl (C=O) groups is 1. The maximum Gasteiger partial charge on any atom is 0.169 e. The lowest BCUT2D eigenvalue weighted by atomic mass is 9.98. The van der Waals surface area contributed by atoms with Crippen LogP contribution in [-0.4, -0.2) is 31.3 Å². The Hall–Kier alpha value is -1.22. The number of carbonyl (C=O) groups excluding carboxylic acids is 1. The highest BCUT2D eigenvalue weighted by Gasteiger charge is 2.18. The molecule has 1 unspecified atom stereocenters. The summed E-state index contributed by atoms with van der Waals surface area (Å²) in [5.74, 6) is -0.758. The van der Waals surface area contributed by atoms with Crippen molar-refractivity contribution in [2.45, 2.75) is 6.92 Å². The van der Waals surface area contributed by atoms with Crippen molar-refractivity contribution >= 4 is 5.78 Å². The summed E-state index contributed by atoms with van der Waals surface area (Å²) < 4.78 is 13.3. The molecule has 0 spiro atoms. The van der Waals surface area contributed by atoms with Gasteiger partial charge in [-0.25, -0.2) is 4.39 Å². The molecule has 15 heavy (non-hydrogen) atoms. The van der Waals surface area contributed by atoms with Crippen LogP contribution in [0.25, 0.3) is 0 Å². The molecular formula is C12H16FNO. The zero-order chi connectivity index (χ0) is 11.4. The van der Waals surface area contributed by atoms with Gasteiger partial charge in [0, 0.05) is 12.5 Å². The quantitative estimate of drug-likeness (QED) is 0.708. The monoisotopic (exact) mass is 209 g/mol. The maximum absolute atomic E-state index is 13.3. The van der Waals surface area contributed by atoms with Gasteiger partial charge in [-0.15, -0.1) is 0 Å². The Morgan fingerprint density at radius 1 is 1.40 bits per heavy atom. The van der Waals surface area contributed by atoms with E-state index in [0.29, 0.717) is 6.54 Å². The van der Waals surface area contributed by atoms with E-state index in [9.17, 15) is 9.18 Å². The third kappa shape index (κ3) is 3.13. The average molecular weight is 209 g/mol. The van der Waals surface area contributed by atoms with Crippen molar-refractivity contribution in [3.05, 3.63) is 35.6 Å². The number of ketones is 1. The Morgan fingerprint density at radius 3 is 2.53 bits per heavy atom. The zero-order valence-corrected chi connectivity index (χ0v) is 9.33. The summed E-state index contributed by atoms with van der Waals surface area (Å²) in [6, 6.07) is 6.11. The summed E-state index contributed by atoms with van der Waals surface area (Å²) in [5, 5.41) is 0. The van der Waals surface area contributed by atoms with E-state index in [2.05, 4.69) is 0 Å². The van der Waals surface area contributed by atoms with Crippen LogP contribution in [0.1, 0.15) is 17.3 Å². The Labute approximate surface area is 89.7 Å². The summed E-state index contributed by atoms with van der Waals surface area (Å²) >= 11 is 0. The van der Waals surface area contributed by atoms with E-state index in [1.165, 1.54) is 12.1 Å². The Morgan fingerprint density at radius 2 is 2.00 bits per heavy atom. The van der Waals surface area contributed by atoms with E-state index < -0.39 is 5.82 Å². The normalized spacial score (nSPS) is 12.9. The topological polar surface area (TPSA) is 20.3 Å². The van der Waals surface area contributed by atoms with Gasteiger partial charge in [-0.3, -0.25) is 4.79 Å². The second kappa shape index (κ2) is 5.03. The van der Waals surface area contributed by atoms with Crippen LogP contribution in [0, 0.1) is 11.7 Å². The van der Waals surface area contributed by atoms with Crippen LogP contribution in [0.3, 0.4) is 0 Å². The molecule has 3 heteroatoms. The highest BCUT2D eigenvalue weighted by Crippen LogP contribution is 2.13. The van der Waals surface area contributed by atoms with Crippen LogP contribution in [0.2, 0.25) is 0 Å². The van der Waals surface area contributed by atoms with Gasteiger partial charge in [0.2, 0.25) is 0 Å². The van der Waals surface area contributed by atoms with Crippen LogP contribution in [-0.2, 0) is 0 Å². The van der Waals surface area contributed by atoms with Crippen molar-refractivity contribution in [2.24, 2.45) is 5.92 Å². The minimum atomic E-state index is -0.437. The molecule has 0 aliphatic heterocycles. The van der Waals surface area contributed by atoms with Crippen molar-refractivity contribution in [2.75, 3.05) is 20.6 Å². The number of rotatable bonds is 4. The minimum absolute atomic E-state index is 0.137. The Kier molecular flexibility index (Phi) is 3.97. The molecule has 0 bridgehead atoms. The van der Waals surface area contributed by atoms with E-state index in [0.717, 1.165) is 0 Å². The van der Waals surface area contributed by atoms with Crippen molar-refractivity contribution in [1.29, 1.82) is 0 Å². The van der Waals surface area contributed by atoms with E-state index >= 15 is 0 Å². The molecular weight excluding hydrogens is 193 g/mol. The predicted molar refractivity (Wildman–Crippen MR) is 58.4 cm³/mol. The van der Waals surface area contributed by atoms with Crippen LogP contribution in [0.5, 0.6) is 0 Å². The fourth-order valence-electron chi connectivity index (χ4n) is 1.56. The van der Waals surface area contributed by atoms with Gasteiger partial charge in [-0.2, -0.15) is 0 Å². The van der Waals surface area contributed by atoms with Gasteiger partial charge >= 0.3 is 0 Å². The number of hydrogen-bond donors (Lipinski definition) is 0. The average Bonchev–Trinajstić information content (AvgIpc) is 2.16. The molecule has 1 rings (SSSR count). The molecule has 82 valence electrons. The van der Waals surface area contributed by atoms with Crippen LogP contribution < -0.4 is 0 Å². The van der Waals surface area contributed by atoms with Gasteiger partial charge in [-0.05, 0) is 26.2 Å². The molecule has 0 heterocycles. The third-order valence-corrected chi connectivity index (χ3v) is 2.23. The van der Waals surface area contributed by atoms with Crippen molar-refractivity contribution in [3.8, 4) is 0 Å². The lowest BCUT2D eigenvalue weighted by molar-refractivity contribution is 0.0906. The molecule has 0 saturated heterocycles. The second-order valence-electron chi connectivity index (χ2n) is 4.01. The maximum atomic E-state index is 13.3. The molecule has 1 atom stereocenters. The molecule has 0 amide bonds. The van der Waals surface area contributed by atoms with Gasteiger partial charge in [-0.1, -0.05) is 19.1 Å². The number of benzene rings is 1. The summed E-state index contributed by atoms with van der Waals surface area (Å²) in [7, 11) is 3.79. The van der Waals surface area contributed by atoms with Crippen LogP contribution in [0.4, 0.5) is 4.39 Å². The first-order valence-electron chi connectivity index (χ1n) is 4.96. The highest BCUT2D eigenvalue weighted by molar-refractivity contribution is 5.97. The van der Waals surface area contributed by atoms with Crippen LogP contribution >= 0.6 is 0 Å². The van der Waals surface area contributed by atoms with E-state index in [-0.39, 0.29) is 17.3 Å². The molecule has 2 nitrogen and oxygen atoms in total. The van der Waals surface area contributed by atoms with Crippen LogP contribution in [0.15, 0.2) is 24.3 Å². The molecule has 0 aromatic heterocycles. The highest BCUT2D eigenvalue weighted by atomic mass is 19.1. The standard InChI is InChI=1S/C12H16FNO/c1-9(8-14(2)3)12(15)10-6-4-5-7-11(10)13/h4-7,9H,8H2,1-3H3. The summed E-state index contributed by atoms with van der Waals surface area (Å²) in [6.07, 6.45) is 0. The molecule has 0 fully saturated rings. The van der Waals surface area contributed by atoms with Gasteiger partial charge in [0.05, 0.1) is 5.56 Å². The third-order valence-electron chi connectivity index (χ3n) is 2.23. The first-order chi connectivity index (χ1) is 7.02. The Bertz CT molecular complexity index is 349. The molecule has 1 aromatic carbocycles. The van der Waals surface area contributed by atoms with E-state index in [1.54, 1.807) is 12.1 Å². The summed E-state index contributed by atoms with van der Waals surface area (Å²) in [5.41, 5.74) is 0.187. The van der Waals surface area contributed by atoms with Gasteiger partial charge < -0.3 is 4.90 Å². The molecule has 1 aromatic rings. The fraction of sp³-hybridized carbons (Fsp3) is 0.417.